The summed E-state index contributed by atoms with van der Waals surface area (Å²) < 4.78 is 10.7. The SMILES string of the molecule is CC(=O)c1ccc(C)cc1OCc1nc(C(C)C)no1. The standard InChI is InChI=1S/C15H18N2O3/c1-9(2)15-16-14(20-17-15)8-19-13-7-10(3)5-6-12(13)11(4)18/h5-7,9H,8H2,1-4H3. The molecule has 0 aliphatic carbocycles. The average Bonchev–Trinajstić information content (AvgIpc) is 2.85. The number of hydrogen-bond donors (Lipinski definition) is 0. The lowest BCUT2D eigenvalue weighted by atomic mass is 10.1. The summed E-state index contributed by atoms with van der Waals surface area (Å²) in [5, 5.41) is 3.87. The van der Waals surface area contributed by atoms with Crippen LogP contribution in [0.15, 0.2) is 22.7 Å². The molecule has 0 aliphatic heterocycles. The van der Waals surface area contributed by atoms with Gasteiger partial charge in [0, 0.05) is 5.92 Å². The highest BCUT2D eigenvalue weighted by atomic mass is 16.5. The van der Waals surface area contributed by atoms with Crippen molar-refractivity contribution >= 4 is 5.78 Å². The van der Waals surface area contributed by atoms with Crippen molar-refractivity contribution in [3.63, 3.8) is 0 Å². The van der Waals surface area contributed by atoms with Gasteiger partial charge >= 0.3 is 0 Å². The number of hydrogen-bond acceptors (Lipinski definition) is 5. The highest BCUT2D eigenvalue weighted by Gasteiger charge is 2.13. The van der Waals surface area contributed by atoms with Crippen LogP contribution in [0.25, 0.3) is 0 Å². The van der Waals surface area contributed by atoms with Crippen LogP contribution in [0.1, 0.15) is 54.3 Å². The number of aryl methyl sites for hydroxylation is 1. The first kappa shape index (κ1) is 14.2. The van der Waals surface area contributed by atoms with Gasteiger partial charge in [-0.1, -0.05) is 25.1 Å². The number of ketones is 1. The van der Waals surface area contributed by atoms with Gasteiger partial charge in [0.25, 0.3) is 5.89 Å². The van der Waals surface area contributed by atoms with E-state index in [4.69, 9.17) is 9.26 Å². The van der Waals surface area contributed by atoms with Crippen LogP contribution in [0.3, 0.4) is 0 Å². The molecular formula is C15H18N2O3. The Morgan fingerprint density at radius 3 is 2.75 bits per heavy atom. The second-order valence-electron chi connectivity index (χ2n) is 5.05. The number of aromatic nitrogens is 2. The summed E-state index contributed by atoms with van der Waals surface area (Å²) in [6.45, 7) is 7.60. The third-order valence-corrected chi connectivity index (χ3v) is 2.87. The molecular weight excluding hydrogens is 256 g/mol. The van der Waals surface area contributed by atoms with Crippen molar-refractivity contribution in [3.05, 3.63) is 41.0 Å². The first-order valence-electron chi connectivity index (χ1n) is 6.54. The molecule has 1 aromatic heterocycles. The highest BCUT2D eigenvalue weighted by Crippen LogP contribution is 2.22. The highest BCUT2D eigenvalue weighted by molar-refractivity contribution is 5.96. The number of benzene rings is 1. The van der Waals surface area contributed by atoms with Crippen LogP contribution < -0.4 is 4.74 Å². The van der Waals surface area contributed by atoms with E-state index >= 15 is 0 Å². The normalized spacial score (nSPS) is 10.8. The van der Waals surface area contributed by atoms with E-state index in [9.17, 15) is 4.79 Å². The Hall–Kier alpha value is -2.17. The average molecular weight is 274 g/mol. The van der Waals surface area contributed by atoms with Crippen molar-refractivity contribution in [2.24, 2.45) is 0 Å². The fraction of sp³-hybridized carbons (Fsp3) is 0.400. The smallest absolute Gasteiger partial charge is 0.264 e. The third-order valence-electron chi connectivity index (χ3n) is 2.87. The number of nitrogens with zero attached hydrogens (tertiary/aromatic N) is 2. The first-order chi connectivity index (χ1) is 9.47. The zero-order valence-electron chi connectivity index (χ0n) is 12.1. The summed E-state index contributed by atoms with van der Waals surface area (Å²) in [6, 6.07) is 5.48. The maximum absolute atomic E-state index is 11.6. The van der Waals surface area contributed by atoms with Gasteiger partial charge in [-0.2, -0.15) is 4.98 Å². The molecule has 1 aromatic carbocycles. The lowest BCUT2D eigenvalue weighted by molar-refractivity contribution is 0.101. The fourth-order valence-electron chi connectivity index (χ4n) is 1.74. The number of carbonyl (C=O) groups is 1. The molecule has 5 nitrogen and oxygen atoms in total. The molecule has 0 saturated carbocycles. The second kappa shape index (κ2) is 5.86. The van der Waals surface area contributed by atoms with Crippen LogP contribution in [-0.2, 0) is 6.61 Å². The van der Waals surface area contributed by atoms with E-state index in [1.54, 1.807) is 6.07 Å². The van der Waals surface area contributed by atoms with E-state index < -0.39 is 0 Å². The lowest BCUT2D eigenvalue weighted by Gasteiger charge is -2.08. The minimum atomic E-state index is -0.0339. The Balaban J connectivity index is 2.13. The molecule has 0 atom stereocenters. The molecule has 0 unspecified atom stereocenters. The minimum Gasteiger partial charge on any atom is -0.483 e. The van der Waals surface area contributed by atoms with Crippen molar-refractivity contribution in [2.75, 3.05) is 0 Å². The van der Waals surface area contributed by atoms with Gasteiger partial charge < -0.3 is 9.26 Å². The molecule has 0 amide bonds. The van der Waals surface area contributed by atoms with E-state index in [-0.39, 0.29) is 18.3 Å². The maximum Gasteiger partial charge on any atom is 0.264 e. The second-order valence-corrected chi connectivity index (χ2v) is 5.05. The van der Waals surface area contributed by atoms with Gasteiger partial charge in [0.2, 0.25) is 0 Å². The van der Waals surface area contributed by atoms with E-state index in [0.717, 1.165) is 5.56 Å². The van der Waals surface area contributed by atoms with E-state index in [1.807, 2.05) is 32.9 Å². The van der Waals surface area contributed by atoms with Crippen LogP contribution in [0.4, 0.5) is 0 Å². The van der Waals surface area contributed by atoms with Gasteiger partial charge in [0.1, 0.15) is 5.75 Å². The van der Waals surface area contributed by atoms with E-state index in [0.29, 0.717) is 23.0 Å². The summed E-state index contributed by atoms with van der Waals surface area (Å²) in [7, 11) is 0. The largest absolute Gasteiger partial charge is 0.483 e. The topological polar surface area (TPSA) is 65.2 Å². The number of ether oxygens (including phenoxy) is 1. The third kappa shape index (κ3) is 3.23. The molecule has 0 saturated heterocycles. The predicted molar refractivity (Wildman–Crippen MR) is 73.9 cm³/mol. The lowest BCUT2D eigenvalue weighted by Crippen LogP contribution is -2.02. The van der Waals surface area contributed by atoms with Gasteiger partial charge in [-0.25, -0.2) is 0 Å². The molecule has 5 heteroatoms. The van der Waals surface area contributed by atoms with Gasteiger partial charge in [-0.3, -0.25) is 4.79 Å². The molecule has 20 heavy (non-hydrogen) atoms. The Morgan fingerprint density at radius 1 is 1.40 bits per heavy atom. The van der Waals surface area contributed by atoms with Crippen LogP contribution in [0, 0.1) is 6.92 Å². The van der Waals surface area contributed by atoms with Crippen molar-refractivity contribution < 1.29 is 14.1 Å². The number of rotatable bonds is 5. The Morgan fingerprint density at radius 2 is 2.15 bits per heavy atom. The molecule has 0 radical (unpaired) electrons. The van der Waals surface area contributed by atoms with Crippen LogP contribution in [-0.4, -0.2) is 15.9 Å². The van der Waals surface area contributed by atoms with E-state index in [2.05, 4.69) is 10.1 Å². The minimum absolute atomic E-state index is 0.0339. The summed E-state index contributed by atoms with van der Waals surface area (Å²) in [5.74, 6) is 1.78. The summed E-state index contributed by atoms with van der Waals surface area (Å²) in [5.41, 5.74) is 1.58. The van der Waals surface area contributed by atoms with Gasteiger partial charge in [-0.15, -0.1) is 0 Å². The van der Waals surface area contributed by atoms with Crippen LogP contribution in [0.5, 0.6) is 5.75 Å². The van der Waals surface area contributed by atoms with Crippen LogP contribution >= 0.6 is 0 Å². The molecule has 0 aliphatic rings. The molecule has 106 valence electrons. The predicted octanol–water partition coefficient (Wildman–Crippen LogP) is 3.28. The zero-order chi connectivity index (χ0) is 14.7. The van der Waals surface area contributed by atoms with Gasteiger partial charge in [-0.05, 0) is 31.5 Å². The molecule has 2 aromatic rings. The quantitative estimate of drug-likeness (QED) is 0.783. The molecule has 1 heterocycles. The van der Waals surface area contributed by atoms with Crippen LogP contribution in [0.2, 0.25) is 0 Å². The van der Waals surface area contributed by atoms with Gasteiger partial charge in [0.15, 0.2) is 18.2 Å². The molecule has 0 bridgehead atoms. The van der Waals surface area contributed by atoms with E-state index in [1.165, 1.54) is 6.92 Å². The molecule has 2 rings (SSSR count). The summed E-state index contributed by atoms with van der Waals surface area (Å²) in [6.07, 6.45) is 0. The Labute approximate surface area is 118 Å². The van der Waals surface area contributed by atoms with Crippen molar-refractivity contribution in [2.45, 2.75) is 40.2 Å². The number of Topliss-reactive ketones (excluding diaryl/α,β-unsaturated/α-hetero) is 1. The number of carbonyl (C=O) groups excluding carboxylic acids is 1. The van der Waals surface area contributed by atoms with Crippen molar-refractivity contribution in [1.29, 1.82) is 0 Å². The zero-order valence-corrected chi connectivity index (χ0v) is 12.1. The van der Waals surface area contributed by atoms with Crippen molar-refractivity contribution in [1.82, 2.24) is 10.1 Å². The summed E-state index contributed by atoms with van der Waals surface area (Å²) >= 11 is 0. The van der Waals surface area contributed by atoms with Crippen molar-refractivity contribution in [3.8, 4) is 5.75 Å². The van der Waals surface area contributed by atoms with Gasteiger partial charge in [0.05, 0.1) is 5.56 Å². The summed E-state index contributed by atoms with van der Waals surface area (Å²) in [4.78, 5) is 15.8. The molecule has 0 spiro atoms. The Kier molecular flexibility index (Phi) is 4.17. The fourth-order valence-corrected chi connectivity index (χ4v) is 1.74. The monoisotopic (exact) mass is 274 g/mol. The first-order valence-corrected chi connectivity index (χ1v) is 6.54. The Bertz CT molecular complexity index is 617. The molecule has 0 N–H and O–H groups in total. The maximum atomic E-state index is 11.6. The molecule has 0 fully saturated rings.